The van der Waals surface area contributed by atoms with E-state index in [-0.39, 0.29) is 6.04 Å². The fraction of sp³-hybridized carbons (Fsp3) is 0.667. The largest absolute Gasteiger partial charge is 0.481 e. The summed E-state index contributed by atoms with van der Waals surface area (Å²) in [5.41, 5.74) is 1.01. The van der Waals surface area contributed by atoms with Gasteiger partial charge in [0.1, 0.15) is 0 Å². The Morgan fingerprint density at radius 3 is 3.06 bits per heavy atom. The van der Waals surface area contributed by atoms with Gasteiger partial charge in [0.2, 0.25) is 0 Å². The lowest BCUT2D eigenvalue weighted by Crippen LogP contribution is -2.40. The number of aliphatic carboxylic acids is 1. The Morgan fingerprint density at radius 1 is 1.67 bits per heavy atom. The van der Waals surface area contributed by atoms with Crippen molar-refractivity contribution in [3.63, 3.8) is 0 Å². The number of thiazole rings is 1. The third-order valence-electron chi connectivity index (χ3n) is 3.25. The highest BCUT2D eigenvalue weighted by atomic mass is 32.1. The fourth-order valence-corrected chi connectivity index (χ4v) is 2.91. The van der Waals surface area contributed by atoms with E-state index >= 15 is 0 Å². The predicted octanol–water partition coefficient (Wildman–Crippen LogP) is 1.24. The van der Waals surface area contributed by atoms with Gasteiger partial charge in [0.15, 0.2) is 0 Å². The molecule has 1 aromatic heterocycles. The molecule has 6 heteroatoms. The Hall–Kier alpha value is -0.980. The van der Waals surface area contributed by atoms with E-state index < -0.39 is 11.9 Å². The number of likely N-dealkylation sites (N-methyl/N-ethyl adjacent to an activating group) is 1. The van der Waals surface area contributed by atoms with Gasteiger partial charge in [-0.3, -0.25) is 9.69 Å². The lowest BCUT2D eigenvalue weighted by molar-refractivity contribution is -0.143. The predicted molar refractivity (Wildman–Crippen MR) is 68.7 cm³/mol. The van der Waals surface area contributed by atoms with E-state index in [4.69, 9.17) is 9.84 Å². The molecule has 2 heterocycles. The highest BCUT2D eigenvalue weighted by Gasteiger charge is 2.36. The molecule has 100 valence electrons. The van der Waals surface area contributed by atoms with Crippen LogP contribution >= 0.6 is 11.3 Å². The molecule has 0 amide bonds. The van der Waals surface area contributed by atoms with Crippen LogP contribution in [0.1, 0.15) is 17.6 Å². The van der Waals surface area contributed by atoms with Gasteiger partial charge in [0.25, 0.3) is 0 Å². The zero-order valence-electron chi connectivity index (χ0n) is 10.6. The van der Waals surface area contributed by atoms with Crippen molar-refractivity contribution in [3.05, 3.63) is 16.1 Å². The molecule has 1 N–H and O–H groups in total. The van der Waals surface area contributed by atoms with E-state index in [9.17, 15) is 4.79 Å². The standard InChI is InChI=1S/C12H18N2O3S/c1-3-11-13-8(7-18-11)4-14(2)10-6-17-5-9(10)12(15)16/h7,9-10H,3-6H2,1-2H3,(H,15,16). The van der Waals surface area contributed by atoms with Gasteiger partial charge in [0, 0.05) is 18.0 Å². The smallest absolute Gasteiger partial charge is 0.310 e. The number of carbonyl (C=O) groups is 1. The molecule has 0 bridgehead atoms. The maximum absolute atomic E-state index is 11.1. The number of carboxylic acids is 1. The topological polar surface area (TPSA) is 62.7 Å². The van der Waals surface area contributed by atoms with Crippen LogP contribution in [0.4, 0.5) is 0 Å². The van der Waals surface area contributed by atoms with Crippen molar-refractivity contribution in [2.24, 2.45) is 5.92 Å². The summed E-state index contributed by atoms with van der Waals surface area (Å²) < 4.78 is 5.28. The molecule has 1 aliphatic heterocycles. The molecule has 18 heavy (non-hydrogen) atoms. The summed E-state index contributed by atoms with van der Waals surface area (Å²) in [6, 6.07) is -0.0609. The first kappa shape index (κ1) is 13.5. The number of ether oxygens (including phenoxy) is 1. The second kappa shape index (κ2) is 5.77. The molecule has 2 atom stereocenters. The summed E-state index contributed by atoms with van der Waals surface area (Å²) in [7, 11) is 1.93. The SMILES string of the molecule is CCc1nc(CN(C)C2COCC2C(=O)O)cs1. The van der Waals surface area contributed by atoms with Crippen LogP contribution in [0.15, 0.2) is 5.38 Å². The fourth-order valence-electron chi connectivity index (χ4n) is 2.17. The molecule has 0 saturated carbocycles. The molecule has 5 nitrogen and oxygen atoms in total. The van der Waals surface area contributed by atoms with E-state index in [1.54, 1.807) is 11.3 Å². The van der Waals surface area contributed by atoms with Crippen LogP contribution in [0, 0.1) is 5.92 Å². The molecule has 0 aromatic carbocycles. The van der Waals surface area contributed by atoms with E-state index in [1.165, 1.54) is 0 Å². The lowest BCUT2D eigenvalue weighted by Gasteiger charge is -2.25. The van der Waals surface area contributed by atoms with Crippen LogP contribution in [0.5, 0.6) is 0 Å². The minimum Gasteiger partial charge on any atom is -0.481 e. The van der Waals surface area contributed by atoms with Gasteiger partial charge in [-0.1, -0.05) is 6.92 Å². The highest BCUT2D eigenvalue weighted by molar-refractivity contribution is 7.09. The number of hydrogen-bond donors (Lipinski definition) is 1. The van der Waals surface area contributed by atoms with Gasteiger partial charge in [-0.05, 0) is 13.5 Å². The Bertz CT molecular complexity index is 421. The third kappa shape index (κ3) is 2.88. The molecule has 0 aliphatic carbocycles. The normalized spacial score (nSPS) is 23.7. The van der Waals surface area contributed by atoms with Crippen molar-refractivity contribution in [1.82, 2.24) is 9.88 Å². The van der Waals surface area contributed by atoms with E-state index in [0.717, 1.165) is 17.1 Å². The van der Waals surface area contributed by atoms with Gasteiger partial charge in [-0.25, -0.2) is 4.98 Å². The van der Waals surface area contributed by atoms with Crippen LogP contribution in [-0.2, 0) is 22.5 Å². The summed E-state index contributed by atoms with van der Waals surface area (Å²) in [4.78, 5) is 17.6. The molecule has 1 aromatic rings. The number of nitrogens with zero attached hydrogens (tertiary/aromatic N) is 2. The summed E-state index contributed by atoms with van der Waals surface area (Å²) in [6.45, 7) is 3.55. The second-order valence-electron chi connectivity index (χ2n) is 4.55. The van der Waals surface area contributed by atoms with Gasteiger partial charge in [0.05, 0.1) is 29.8 Å². The van der Waals surface area contributed by atoms with Crippen LogP contribution in [0.2, 0.25) is 0 Å². The van der Waals surface area contributed by atoms with Gasteiger partial charge >= 0.3 is 5.97 Å². The molecule has 0 spiro atoms. The Morgan fingerprint density at radius 2 is 2.44 bits per heavy atom. The van der Waals surface area contributed by atoms with Crippen LogP contribution in [0.3, 0.4) is 0 Å². The Labute approximate surface area is 110 Å². The number of carboxylic acid groups (broad SMARTS) is 1. The van der Waals surface area contributed by atoms with E-state index in [1.807, 2.05) is 17.3 Å². The molecule has 1 fully saturated rings. The molecular weight excluding hydrogens is 252 g/mol. The minimum absolute atomic E-state index is 0.0609. The minimum atomic E-state index is -0.781. The van der Waals surface area contributed by atoms with Gasteiger partial charge in [-0.15, -0.1) is 11.3 Å². The quantitative estimate of drug-likeness (QED) is 0.872. The summed E-state index contributed by atoms with van der Waals surface area (Å²) in [6.07, 6.45) is 0.943. The zero-order chi connectivity index (χ0) is 13.1. The summed E-state index contributed by atoms with van der Waals surface area (Å²) in [5, 5.41) is 12.3. The first-order valence-electron chi connectivity index (χ1n) is 6.06. The average molecular weight is 270 g/mol. The van der Waals surface area contributed by atoms with Crippen molar-refractivity contribution >= 4 is 17.3 Å². The highest BCUT2D eigenvalue weighted by Crippen LogP contribution is 2.21. The third-order valence-corrected chi connectivity index (χ3v) is 4.29. The van der Waals surface area contributed by atoms with E-state index in [2.05, 4.69) is 11.9 Å². The number of rotatable bonds is 5. The summed E-state index contributed by atoms with van der Waals surface area (Å²) in [5.74, 6) is -1.21. The lowest BCUT2D eigenvalue weighted by atomic mass is 10.0. The van der Waals surface area contributed by atoms with Crippen molar-refractivity contribution in [2.75, 3.05) is 20.3 Å². The van der Waals surface area contributed by atoms with Crippen LogP contribution in [0.25, 0.3) is 0 Å². The van der Waals surface area contributed by atoms with Crippen molar-refractivity contribution in [3.8, 4) is 0 Å². The maximum atomic E-state index is 11.1. The first-order valence-corrected chi connectivity index (χ1v) is 6.93. The Balaban J connectivity index is 1.98. The van der Waals surface area contributed by atoms with Crippen LogP contribution < -0.4 is 0 Å². The first-order chi connectivity index (χ1) is 8.61. The molecule has 2 unspecified atom stereocenters. The van der Waals surface area contributed by atoms with E-state index in [0.29, 0.717) is 19.8 Å². The van der Waals surface area contributed by atoms with Crippen molar-refractivity contribution in [2.45, 2.75) is 25.9 Å². The molecular formula is C12H18N2O3S. The monoisotopic (exact) mass is 270 g/mol. The number of aryl methyl sites for hydroxylation is 1. The zero-order valence-corrected chi connectivity index (χ0v) is 11.4. The van der Waals surface area contributed by atoms with Crippen molar-refractivity contribution < 1.29 is 14.6 Å². The number of aromatic nitrogens is 1. The van der Waals surface area contributed by atoms with Crippen LogP contribution in [-0.4, -0.2) is 47.3 Å². The second-order valence-corrected chi connectivity index (χ2v) is 5.49. The van der Waals surface area contributed by atoms with Gasteiger partial charge in [-0.2, -0.15) is 0 Å². The van der Waals surface area contributed by atoms with Gasteiger partial charge < -0.3 is 9.84 Å². The van der Waals surface area contributed by atoms with Crippen molar-refractivity contribution in [1.29, 1.82) is 0 Å². The summed E-state index contributed by atoms with van der Waals surface area (Å²) >= 11 is 1.66. The molecule has 1 saturated heterocycles. The number of hydrogen-bond acceptors (Lipinski definition) is 5. The molecule has 0 radical (unpaired) electrons. The Kier molecular flexibility index (Phi) is 4.31. The maximum Gasteiger partial charge on any atom is 0.310 e. The molecule has 2 rings (SSSR count). The molecule has 1 aliphatic rings. The average Bonchev–Trinajstić information content (AvgIpc) is 2.96.